The van der Waals surface area contributed by atoms with Crippen molar-refractivity contribution >= 4 is 17.6 Å². The molecule has 2 aromatic rings. The molecule has 0 amide bonds. The summed E-state index contributed by atoms with van der Waals surface area (Å²) in [6.07, 6.45) is 0. The third-order valence-corrected chi connectivity index (χ3v) is 3.60. The van der Waals surface area contributed by atoms with Crippen molar-refractivity contribution in [2.24, 2.45) is 0 Å². The minimum Gasteiger partial charge on any atom is -0.323 e. The van der Waals surface area contributed by atoms with Crippen LogP contribution >= 0.6 is 11.9 Å². The van der Waals surface area contributed by atoms with Gasteiger partial charge in [-0.15, -0.1) is 0 Å². The second-order valence-electron chi connectivity index (χ2n) is 4.13. The van der Waals surface area contributed by atoms with Gasteiger partial charge >= 0.3 is 0 Å². The van der Waals surface area contributed by atoms with Crippen LogP contribution in [-0.4, -0.2) is 0 Å². The molecular formula is C14H12F3NS. The maximum Gasteiger partial charge on any atom is 0.152 e. The highest BCUT2D eigenvalue weighted by molar-refractivity contribution is 8.00. The van der Waals surface area contributed by atoms with E-state index in [-0.39, 0.29) is 17.1 Å². The molecule has 0 aliphatic rings. The summed E-state index contributed by atoms with van der Waals surface area (Å²) in [5.41, 5.74) is 0.586. The number of hydrogen-bond donors (Lipinski definition) is 1. The molecule has 0 fully saturated rings. The predicted molar refractivity (Wildman–Crippen MR) is 71.7 cm³/mol. The van der Waals surface area contributed by atoms with Gasteiger partial charge in [0.05, 0.1) is 10.6 Å². The van der Waals surface area contributed by atoms with Crippen LogP contribution in [0.2, 0.25) is 0 Å². The molecule has 0 saturated carbocycles. The first-order chi connectivity index (χ1) is 9.00. The summed E-state index contributed by atoms with van der Waals surface area (Å²) in [5.74, 6) is -1.62. The van der Waals surface area contributed by atoms with E-state index >= 15 is 0 Å². The van der Waals surface area contributed by atoms with E-state index in [1.807, 2.05) is 0 Å². The van der Waals surface area contributed by atoms with Crippen molar-refractivity contribution in [2.75, 3.05) is 4.72 Å². The fourth-order valence-electron chi connectivity index (χ4n) is 1.55. The summed E-state index contributed by atoms with van der Waals surface area (Å²) in [5, 5.41) is 0. The third kappa shape index (κ3) is 2.87. The standard InChI is InChI=1S/C14H12F3NS/c1-8-4-3-5-12(13(8)16)19-18-11-7-6-10(15)9(2)14(11)17/h3-7,18H,1-2H3. The van der Waals surface area contributed by atoms with Crippen LogP contribution in [0.4, 0.5) is 18.9 Å². The van der Waals surface area contributed by atoms with Gasteiger partial charge in [-0.1, -0.05) is 12.1 Å². The number of nitrogens with one attached hydrogen (secondary N) is 1. The maximum absolute atomic E-state index is 13.7. The number of anilines is 1. The van der Waals surface area contributed by atoms with Crippen LogP contribution in [0.25, 0.3) is 0 Å². The van der Waals surface area contributed by atoms with Crippen molar-refractivity contribution < 1.29 is 13.2 Å². The Hall–Kier alpha value is -1.62. The van der Waals surface area contributed by atoms with Gasteiger partial charge in [0.2, 0.25) is 0 Å². The van der Waals surface area contributed by atoms with E-state index < -0.39 is 11.6 Å². The molecule has 0 spiro atoms. The van der Waals surface area contributed by atoms with E-state index in [1.165, 1.54) is 19.1 Å². The van der Waals surface area contributed by atoms with Gasteiger partial charge in [-0.2, -0.15) is 0 Å². The van der Waals surface area contributed by atoms with Gasteiger partial charge in [0.1, 0.15) is 11.6 Å². The van der Waals surface area contributed by atoms with E-state index in [9.17, 15) is 13.2 Å². The summed E-state index contributed by atoms with van der Waals surface area (Å²) in [6.45, 7) is 3.01. The van der Waals surface area contributed by atoms with E-state index in [0.717, 1.165) is 11.9 Å². The maximum atomic E-state index is 13.7. The zero-order chi connectivity index (χ0) is 14.0. The predicted octanol–water partition coefficient (Wildman–Crippen LogP) is 4.84. The van der Waals surface area contributed by atoms with Crippen LogP contribution in [0.15, 0.2) is 35.2 Å². The molecule has 0 aliphatic carbocycles. The van der Waals surface area contributed by atoms with Crippen molar-refractivity contribution in [3.63, 3.8) is 0 Å². The van der Waals surface area contributed by atoms with Crippen LogP contribution in [0, 0.1) is 31.3 Å². The molecule has 0 aromatic heterocycles. The fourth-order valence-corrected chi connectivity index (χ4v) is 2.32. The summed E-state index contributed by atoms with van der Waals surface area (Å²) < 4.78 is 43.3. The molecule has 2 aromatic carbocycles. The zero-order valence-corrected chi connectivity index (χ0v) is 11.2. The Morgan fingerprint density at radius 1 is 0.947 bits per heavy atom. The topological polar surface area (TPSA) is 12.0 Å². The lowest BCUT2D eigenvalue weighted by molar-refractivity contribution is 0.571. The Bertz CT molecular complexity index is 614. The average Bonchev–Trinajstić information content (AvgIpc) is 2.40. The minimum absolute atomic E-state index is 0.0599. The third-order valence-electron chi connectivity index (χ3n) is 2.75. The lowest BCUT2D eigenvalue weighted by Crippen LogP contribution is -1.97. The molecular weight excluding hydrogens is 271 g/mol. The second kappa shape index (κ2) is 5.57. The lowest BCUT2D eigenvalue weighted by atomic mass is 10.2. The van der Waals surface area contributed by atoms with Crippen molar-refractivity contribution in [3.05, 3.63) is 58.9 Å². The number of aryl methyl sites for hydroxylation is 1. The van der Waals surface area contributed by atoms with Crippen LogP contribution in [0.1, 0.15) is 11.1 Å². The number of benzene rings is 2. The van der Waals surface area contributed by atoms with Crippen LogP contribution in [0.5, 0.6) is 0 Å². The van der Waals surface area contributed by atoms with Gasteiger partial charge < -0.3 is 4.72 Å². The van der Waals surface area contributed by atoms with Gasteiger partial charge in [-0.3, -0.25) is 0 Å². The van der Waals surface area contributed by atoms with E-state index in [0.29, 0.717) is 10.5 Å². The highest BCUT2D eigenvalue weighted by Crippen LogP contribution is 2.28. The molecule has 100 valence electrons. The first kappa shape index (κ1) is 13.8. The van der Waals surface area contributed by atoms with E-state index in [4.69, 9.17) is 0 Å². The van der Waals surface area contributed by atoms with Crippen molar-refractivity contribution in [1.82, 2.24) is 0 Å². The summed E-state index contributed by atoms with van der Waals surface area (Å²) in [6, 6.07) is 7.43. The molecule has 5 heteroatoms. The highest BCUT2D eigenvalue weighted by Gasteiger charge is 2.11. The highest BCUT2D eigenvalue weighted by atomic mass is 32.2. The average molecular weight is 283 g/mol. The largest absolute Gasteiger partial charge is 0.323 e. The Morgan fingerprint density at radius 3 is 2.42 bits per heavy atom. The molecule has 1 nitrogen and oxygen atoms in total. The molecule has 0 bridgehead atoms. The second-order valence-corrected chi connectivity index (χ2v) is 4.97. The molecule has 0 atom stereocenters. The first-order valence-electron chi connectivity index (χ1n) is 5.63. The molecule has 0 saturated heterocycles. The van der Waals surface area contributed by atoms with Crippen LogP contribution in [-0.2, 0) is 0 Å². The Balaban J connectivity index is 2.20. The zero-order valence-electron chi connectivity index (χ0n) is 10.4. The summed E-state index contributed by atoms with van der Waals surface area (Å²) >= 11 is 0.956. The van der Waals surface area contributed by atoms with Crippen molar-refractivity contribution in [1.29, 1.82) is 0 Å². The molecule has 0 unspecified atom stereocenters. The monoisotopic (exact) mass is 283 g/mol. The van der Waals surface area contributed by atoms with Gasteiger partial charge in [0.25, 0.3) is 0 Å². The van der Waals surface area contributed by atoms with Crippen LogP contribution in [0.3, 0.4) is 0 Å². The first-order valence-corrected chi connectivity index (χ1v) is 6.45. The molecule has 0 radical (unpaired) electrons. The quantitative estimate of drug-likeness (QED) is 0.809. The lowest BCUT2D eigenvalue weighted by Gasteiger charge is -2.10. The summed E-state index contributed by atoms with van der Waals surface area (Å²) in [7, 11) is 0. The van der Waals surface area contributed by atoms with Gasteiger partial charge in [-0.25, -0.2) is 13.2 Å². The Labute approximate surface area is 114 Å². The van der Waals surface area contributed by atoms with Gasteiger partial charge in [0.15, 0.2) is 5.82 Å². The number of rotatable bonds is 3. The van der Waals surface area contributed by atoms with Crippen LogP contribution < -0.4 is 4.72 Å². The Kier molecular flexibility index (Phi) is 4.04. The van der Waals surface area contributed by atoms with E-state index in [2.05, 4.69) is 4.72 Å². The molecule has 0 aliphatic heterocycles. The minimum atomic E-state index is -0.666. The van der Waals surface area contributed by atoms with E-state index in [1.54, 1.807) is 25.1 Å². The molecule has 0 heterocycles. The smallest absolute Gasteiger partial charge is 0.152 e. The summed E-state index contributed by atoms with van der Waals surface area (Å²) in [4.78, 5) is 0.362. The van der Waals surface area contributed by atoms with Gasteiger partial charge in [0, 0.05) is 5.56 Å². The molecule has 1 N–H and O–H groups in total. The molecule has 19 heavy (non-hydrogen) atoms. The SMILES string of the molecule is Cc1cccc(SNc2ccc(F)c(C)c2F)c1F. The van der Waals surface area contributed by atoms with Gasteiger partial charge in [-0.05, 0) is 49.6 Å². The normalized spacial score (nSPS) is 10.6. The molecule has 2 rings (SSSR count). The van der Waals surface area contributed by atoms with Crippen molar-refractivity contribution in [3.8, 4) is 0 Å². The number of hydrogen-bond acceptors (Lipinski definition) is 2. The van der Waals surface area contributed by atoms with Crippen molar-refractivity contribution in [2.45, 2.75) is 18.7 Å². The fraction of sp³-hybridized carbons (Fsp3) is 0.143. The Morgan fingerprint density at radius 2 is 1.68 bits per heavy atom. The number of halogens is 3.